The number of esters is 1. The number of ether oxygens (including phenoxy) is 1. The van der Waals surface area contributed by atoms with E-state index in [1.807, 2.05) is 19.1 Å². The molecule has 1 aliphatic heterocycles. The average molecular weight is 402 g/mol. The lowest BCUT2D eigenvalue weighted by Gasteiger charge is -2.35. The standard InChI is InChI=1S/C22H21ClFNO3/c1-3-19-21(22(27)28-2)18(15-6-8-16(23)9-7-15)12-20(26)25(19)13-14-4-10-17(24)11-5-14/h4-11,18H,3,12-13H2,1-2H3/t18-/m0/s1. The van der Waals surface area contributed by atoms with Crippen molar-refractivity contribution in [3.63, 3.8) is 0 Å². The van der Waals surface area contributed by atoms with Gasteiger partial charge in [-0.15, -0.1) is 0 Å². The van der Waals surface area contributed by atoms with Crippen LogP contribution in [-0.2, 0) is 20.9 Å². The fourth-order valence-corrected chi connectivity index (χ4v) is 3.70. The van der Waals surface area contributed by atoms with Crippen LogP contribution in [0.15, 0.2) is 59.8 Å². The number of allylic oxidation sites excluding steroid dienone is 1. The van der Waals surface area contributed by atoms with Gasteiger partial charge in [0.15, 0.2) is 0 Å². The molecule has 28 heavy (non-hydrogen) atoms. The van der Waals surface area contributed by atoms with Gasteiger partial charge in [-0.05, 0) is 41.8 Å². The minimum atomic E-state index is -0.451. The molecule has 0 N–H and O–H groups in total. The molecule has 2 aromatic carbocycles. The van der Waals surface area contributed by atoms with Crippen molar-refractivity contribution in [2.24, 2.45) is 0 Å². The van der Waals surface area contributed by atoms with E-state index in [1.54, 1.807) is 29.2 Å². The lowest BCUT2D eigenvalue weighted by Crippen LogP contribution is -2.38. The van der Waals surface area contributed by atoms with E-state index in [4.69, 9.17) is 16.3 Å². The second-order valence-corrected chi connectivity index (χ2v) is 7.06. The Morgan fingerprint density at radius 2 is 1.82 bits per heavy atom. The van der Waals surface area contributed by atoms with Crippen LogP contribution in [0.2, 0.25) is 5.02 Å². The molecule has 0 aliphatic carbocycles. The molecule has 6 heteroatoms. The molecular formula is C22H21ClFNO3. The number of rotatable bonds is 5. The number of hydrogen-bond acceptors (Lipinski definition) is 3. The van der Waals surface area contributed by atoms with Gasteiger partial charge in [0.05, 0.1) is 19.2 Å². The molecule has 0 radical (unpaired) electrons. The molecule has 1 amide bonds. The van der Waals surface area contributed by atoms with Gasteiger partial charge in [-0.25, -0.2) is 9.18 Å². The summed E-state index contributed by atoms with van der Waals surface area (Å²) < 4.78 is 18.2. The van der Waals surface area contributed by atoms with Gasteiger partial charge in [0.2, 0.25) is 5.91 Å². The van der Waals surface area contributed by atoms with Crippen LogP contribution in [-0.4, -0.2) is 23.9 Å². The predicted octanol–water partition coefficient (Wildman–Crippen LogP) is 4.83. The van der Waals surface area contributed by atoms with Crippen molar-refractivity contribution >= 4 is 23.5 Å². The fourth-order valence-electron chi connectivity index (χ4n) is 3.57. The van der Waals surface area contributed by atoms with Crippen molar-refractivity contribution in [1.82, 2.24) is 4.90 Å². The van der Waals surface area contributed by atoms with Crippen LogP contribution < -0.4 is 0 Å². The quantitative estimate of drug-likeness (QED) is 0.674. The van der Waals surface area contributed by atoms with Crippen molar-refractivity contribution in [1.29, 1.82) is 0 Å². The number of carbonyl (C=O) groups is 2. The number of benzene rings is 2. The maximum Gasteiger partial charge on any atom is 0.336 e. The number of nitrogens with zero attached hydrogens (tertiary/aromatic N) is 1. The third kappa shape index (κ3) is 4.09. The van der Waals surface area contributed by atoms with Gasteiger partial charge < -0.3 is 9.64 Å². The fraction of sp³-hybridized carbons (Fsp3) is 0.273. The van der Waals surface area contributed by atoms with E-state index < -0.39 is 11.9 Å². The molecule has 1 aliphatic rings. The van der Waals surface area contributed by atoms with E-state index in [-0.39, 0.29) is 24.7 Å². The summed E-state index contributed by atoms with van der Waals surface area (Å²) in [7, 11) is 1.34. The summed E-state index contributed by atoms with van der Waals surface area (Å²) in [5.41, 5.74) is 2.74. The van der Waals surface area contributed by atoms with Gasteiger partial charge in [0, 0.05) is 23.1 Å². The van der Waals surface area contributed by atoms with Crippen molar-refractivity contribution in [3.05, 3.63) is 81.8 Å². The summed E-state index contributed by atoms with van der Waals surface area (Å²) >= 11 is 5.98. The largest absolute Gasteiger partial charge is 0.466 e. The van der Waals surface area contributed by atoms with Gasteiger partial charge >= 0.3 is 5.97 Å². The molecule has 0 unspecified atom stereocenters. The number of carbonyl (C=O) groups excluding carboxylic acids is 2. The summed E-state index contributed by atoms with van der Waals surface area (Å²) in [5.74, 6) is -1.27. The summed E-state index contributed by atoms with van der Waals surface area (Å²) in [6.07, 6.45) is 0.637. The van der Waals surface area contributed by atoms with E-state index in [1.165, 1.54) is 19.2 Å². The Kier molecular flexibility index (Phi) is 6.15. The van der Waals surface area contributed by atoms with Crippen LogP contribution in [0.4, 0.5) is 4.39 Å². The molecule has 0 fully saturated rings. The van der Waals surface area contributed by atoms with Crippen molar-refractivity contribution in [2.75, 3.05) is 7.11 Å². The Balaban J connectivity index is 2.05. The zero-order valence-corrected chi connectivity index (χ0v) is 16.5. The highest BCUT2D eigenvalue weighted by Gasteiger charge is 2.37. The van der Waals surface area contributed by atoms with Crippen LogP contribution in [0.3, 0.4) is 0 Å². The minimum absolute atomic E-state index is 0.0891. The van der Waals surface area contributed by atoms with Crippen molar-refractivity contribution in [3.8, 4) is 0 Å². The number of halogens is 2. The van der Waals surface area contributed by atoms with Crippen LogP contribution in [0.25, 0.3) is 0 Å². The van der Waals surface area contributed by atoms with Gasteiger partial charge in [-0.2, -0.15) is 0 Å². The van der Waals surface area contributed by atoms with E-state index in [9.17, 15) is 14.0 Å². The predicted molar refractivity (Wildman–Crippen MR) is 105 cm³/mol. The average Bonchev–Trinajstić information content (AvgIpc) is 2.70. The van der Waals surface area contributed by atoms with E-state index in [0.29, 0.717) is 22.7 Å². The van der Waals surface area contributed by atoms with E-state index >= 15 is 0 Å². The number of hydrogen-bond donors (Lipinski definition) is 0. The summed E-state index contributed by atoms with van der Waals surface area (Å²) in [4.78, 5) is 27.2. The summed E-state index contributed by atoms with van der Waals surface area (Å²) in [6.45, 7) is 2.17. The highest BCUT2D eigenvalue weighted by Crippen LogP contribution is 2.39. The highest BCUT2D eigenvalue weighted by atomic mass is 35.5. The van der Waals surface area contributed by atoms with Crippen LogP contribution in [0.1, 0.15) is 36.8 Å². The molecule has 0 saturated heterocycles. The van der Waals surface area contributed by atoms with Crippen LogP contribution >= 0.6 is 11.6 Å². The first kappa shape index (κ1) is 20.1. The van der Waals surface area contributed by atoms with Crippen molar-refractivity contribution < 1.29 is 18.7 Å². The van der Waals surface area contributed by atoms with Gasteiger partial charge in [-0.1, -0.05) is 42.8 Å². The minimum Gasteiger partial charge on any atom is -0.466 e. The van der Waals surface area contributed by atoms with Crippen molar-refractivity contribution in [2.45, 2.75) is 32.2 Å². The summed E-state index contributed by atoms with van der Waals surface area (Å²) in [6, 6.07) is 13.1. The van der Waals surface area contributed by atoms with Gasteiger partial charge in [0.1, 0.15) is 5.82 Å². The Labute approximate surface area is 168 Å². The Hall–Kier alpha value is -2.66. The second kappa shape index (κ2) is 8.57. The third-order valence-corrected chi connectivity index (χ3v) is 5.18. The molecule has 0 spiro atoms. The highest BCUT2D eigenvalue weighted by molar-refractivity contribution is 6.30. The molecule has 1 atom stereocenters. The lowest BCUT2D eigenvalue weighted by atomic mass is 9.83. The molecular weight excluding hydrogens is 381 g/mol. The third-order valence-electron chi connectivity index (χ3n) is 4.93. The normalized spacial score (nSPS) is 17.1. The molecule has 0 saturated carbocycles. The SMILES string of the molecule is CCC1=C(C(=O)OC)[C@H](c2ccc(Cl)cc2)CC(=O)N1Cc1ccc(F)cc1. The molecule has 2 aromatic rings. The van der Waals surface area contributed by atoms with Gasteiger partial charge in [0.25, 0.3) is 0 Å². The maximum atomic E-state index is 13.2. The maximum absolute atomic E-state index is 13.2. The second-order valence-electron chi connectivity index (χ2n) is 6.62. The Bertz CT molecular complexity index is 906. The zero-order valence-electron chi connectivity index (χ0n) is 15.7. The van der Waals surface area contributed by atoms with Gasteiger partial charge in [-0.3, -0.25) is 4.79 Å². The first-order chi connectivity index (χ1) is 13.4. The molecule has 1 heterocycles. The first-order valence-electron chi connectivity index (χ1n) is 9.06. The monoisotopic (exact) mass is 401 g/mol. The first-order valence-corrected chi connectivity index (χ1v) is 9.44. The smallest absolute Gasteiger partial charge is 0.336 e. The van der Waals surface area contributed by atoms with Crippen LogP contribution in [0.5, 0.6) is 0 Å². The molecule has 4 nitrogen and oxygen atoms in total. The Morgan fingerprint density at radius 3 is 2.39 bits per heavy atom. The Morgan fingerprint density at radius 1 is 1.18 bits per heavy atom. The molecule has 0 aromatic heterocycles. The molecule has 0 bridgehead atoms. The van der Waals surface area contributed by atoms with E-state index in [0.717, 1.165) is 11.1 Å². The summed E-state index contributed by atoms with van der Waals surface area (Å²) in [5, 5.41) is 0.586. The molecule has 3 rings (SSSR count). The topological polar surface area (TPSA) is 46.6 Å². The van der Waals surface area contributed by atoms with Crippen LogP contribution in [0, 0.1) is 5.82 Å². The van der Waals surface area contributed by atoms with E-state index in [2.05, 4.69) is 0 Å². The lowest BCUT2D eigenvalue weighted by molar-refractivity contribution is -0.138. The zero-order chi connectivity index (χ0) is 20.3. The molecule has 146 valence electrons. The number of amides is 1. The number of methoxy groups -OCH3 is 1.